The van der Waals surface area contributed by atoms with E-state index >= 15 is 4.79 Å². The molecular weight excluding hydrogens is 1130 g/mol. The highest BCUT2D eigenvalue weighted by Crippen LogP contribution is 2.54. The Bertz CT molecular complexity index is 3550. The van der Waals surface area contributed by atoms with Crippen LogP contribution in [0.15, 0.2) is 102 Å². The van der Waals surface area contributed by atoms with E-state index in [1.165, 1.54) is 12.1 Å². The van der Waals surface area contributed by atoms with Crippen LogP contribution in [0.3, 0.4) is 0 Å². The maximum absolute atomic E-state index is 15.6. The number of carbonyl (C=O) groups excluding carboxylic acids is 3. The molecule has 3 N–H and O–H groups in total. The zero-order valence-corrected chi connectivity index (χ0v) is 52.1. The summed E-state index contributed by atoms with van der Waals surface area (Å²) in [5.74, 6) is 0.746. The lowest BCUT2D eigenvalue weighted by Crippen LogP contribution is -2.60. The maximum atomic E-state index is 15.6. The van der Waals surface area contributed by atoms with E-state index < -0.39 is 16.9 Å². The van der Waals surface area contributed by atoms with Gasteiger partial charge in [0.1, 0.15) is 40.4 Å². The van der Waals surface area contributed by atoms with Crippen molar-refractivity contribution in [2.45, 2.75) is 135 Å². The number of amidine groups is 1. The van der Waals surface area contributed by atoms with E-state index in [2.05, 4.69) is 84.1 Å². The van der Waals surface area contributed by atoms with Gasteiger partial charge in [0.25, 0.3) is 5.91 Å². The number of nitriles is 1. The van der Waals surface area contributed by atoms with Gasteiger partial charge in [0.15, 0.2) is 5.69 Å². The van der Waals surface area contributed by atoms with Crippen molar-refractivity contribution in [3.8, 4) is 22.9 Å². The molecule has 6 heterocycles. The molecule has 452 valence electrons. The van der Waals surface area contributed by atoms with Crippen LogP contribution in [0.2, 0.25) is 10.0 Å². The van der Waals surface area contributed by atoms with Crippen molar-refractivity contribution in [3.63, 3.8) is 0 Å². The first kappa shape index (κ1) is 61.6. The number of aliphatic imine (C=N–C) groups is 1. The van der Waals surface area contributed by atoms with Crippen LogP contribution in [0.1, 0.15) is 155 Å². The van der Waals surface area contributed by atoms with E-state index in [4.69, 9.17) is 38.7 Å². The molecule has 2 bridgehead atoms. The number of aromatic nitrogens is 3. The zero-order chi connectivity index (χ0) is 61.1. The summed E-state index contributed by atoms with van der Waals surface area (Å²) < 4.78 is 22.9. The van der Waals surface area contributed by atoms with Gasteiger partial charge in [-0.25, -0.2) is 14.2 Å². The molecule has 4 aliphatic rings. The standard InChI is InChI=1S/C67H79Cl2FN12O4/c1-8-86-58-39-47(65(2,3)4)22-28-52(58)62-75-66(5,45-18-23-48(68)24-19-45)67(6,46-20-25-49(69)26-21-46)82(62)64(85)79-36-34-78(35-37-79)31-14-12-10-9-11-13-17-59(83)73-30-33-81-57-43-77(7)63(84)51-29-27-50(70)40-53(51)55-16-15-32-80(55)56-38-44(42-74-61(56)72)60(57)54(41-71)76-81/h18-29,38-40,42,55H,8-17,30-37,43H2,1-7H3,(H2,72,74)(H,73,83)/t55-,66+,67-/m1/s1. The predicted octanol–water partition coefficient (Wildman–Crippen LogP) is 12.6. The maximum Gasteiger partial charge on any atom is 0.326 e. The minimum Gasteiger partial charge on any atom is -0.493 e. The van der Waals surface area contributed by atoms with Crippen LogP contribution < -0.4 is 20.7 Å². The molecule has 0 unspecified atom stereocenters. The monoisotopic (exact) mass is 1200 g/mol. The Kier molecular flexibility index (Phi) is 18.5. The minimum atomic E-state index is -1.01. The van der Waals surface area contributed by atoms with Gasteiger partial charge in [0.05, 0.1) is 42.7 Å². The van der Waals surface area contributed by atoms with Gasteiger partial charge in [0, 0.05) is 85.7 Å². The van der Waals surface area contributed by atoms with E-state index in [0.717, 1.165) is 86.8 Å². The van der Waals surface area contributed by atoms with Gasteiger partial charge in [-0.1, -0.05) is 100.0 Å². The molecule has 16 nitrogen and oxygen atoms in total. The third kappa shape index (κ3) is 12.4. The molecule has 3 atom stereocenters. The number of nitrogens with one attached hydrogen (secondary N) is 1. The number of unbranched alkanes of at least 4 members (excludes halogenated alkanes) is 5. The number of urea groups is 1. The van der Waals surface area contributed by atoms with Gasteiger partial charge in [-0.05, 0) is 141 Å². The number of benzene rings is 4. The minimum absolute atomic E-state index is 0.0636. The lowest BCUT2D eigenvalue weighted by Gasteiger charge is -2.47. The van der Waals surface area contributed by atoms with Gasteiger partial charge < -0.3 is 30.5 Å². The van der Waals surface area contributed by atoms with Crippen LogP contribution in [0.25, 0.3) is 11.1 Å². The summed E-state index contributed by atoms with van der Waals surface area (Å²) >= 11 is 13.0. The Morgan fingerprint density at radius 2 is 1.53 bits per heavy atom. The van der Waals surface area contributed by atoms with Crippen LogP contribution in [-0.4, -0.2) is 118 Å². The molecule has 6 aromatic rings. The van der Waals surface area contributed by atoms with Gasteiger partial charge >= 0.3 is 6.03 Å². The first-order valence-corrected chi connectivity index (χ1v) is 31.0. The molecule has 0 spiro atoms. The van der Waals surface area contributed by atoms with Crippen molar-refractivity contribution in [1.29, 1.82) is 5.26 Å². The number of anilines is 2. The number of halogens is 3. The SMILES string of the molecule is CCOc1cc(C(C)(C)C)ccc1C1=N[C@@](C)(c2ccc(Cl)cc2)[C@@](C)(c2ccc(Cl)cc2)N1C(=O)N1CCN(CCCCCCCCC(=O)NCCn2nc(C#N)c3c2CN(C)C(=O)c2ccc(F)cc2[C@H]2CCCN2c2cc-3cnc2N)CC1. The molecule has 10 rings (SSSR count). The molecule has 0 aliphatic carbocycles. The fourth-order valence-corrected chi connectivity index (χ4v) is 13.2. The molecule has 4 amide bonds. The lowest BCUT2D eigenvalue weighted by molar-refractivity contribution is -0.121. The molecule has 2 fully saturated rings. The number of piperazine rings is 1. The number of rotatable bonds is 17. The van der Waals surface area contributed by atoms with Crippen molar-refractivity contribution >= 4 is 58.4 Å². The van der Waals surface area contributed by atoms with Crippen LogP contribution in [0.4, 0.5) is 20.7 Å². The van der Waals surface area contributed by atoms with E-state index in [1.807, 2.05) is 71.3 Å². The normalized spacial score (nSPS) is 19.7. The Morgan fingerprint density at radius 1 is 0.860 bits per heavy atom. The first-order valence-electron chi connectivity index (χ1n) is 30.3. The molecule has 0 radical (unpaired) electrons. The molecule has 4 aliphatic heterocycles. The van der Waals surface area contributed by atoms with Crippen LogP contribution >= 0.6 is 23.2 Å². The average molecular weight is 1210 g/mol. The number of pyridine rings is 1. The quantitative estimate of drug-likeness (QED) is 0.0834. The smallest absolute Gasteiger partial charge is 0.326 e. The number of nitrogens with two attached hydrogens (primary N) is 1. The lowest BCUT2D eigenvalue weighted by atomic mass is 9.71. The summed E-state index contributed by atoms with van der Waals surface area (Å²) in [4.78, 5) is 63.1. The predicted molar refractivity (Wildman–Crippen MR) is 337 cm³/mol. The second-order valence-electron chi connectivity index (χ2n) is 24.5. The highest BCUT2D eigenvalue weighted by atomic mass is 35.5. The number of hydrogen-bond acceptors (Lipinski definition) is 11. The highest BCUT2D eigenvalue weighted by molar-refractivity contribution is 6.30. The summed E-state index contributed by atoms with van der Waals surface area (Å²) in [6.45, 7) is 18.0. The second kappa shape index (κ2) is 25.8. The molecule has 2 aromatic heterocycles. The molecule has 2 saturated heterocycles. The second-order valence-corrected chi connectivity index (χ2v) is 25.4. The summed E-state index contributed by atoms with van der Waals surface area (Å²) in [5.41, 5.74) is 11.7. The Balaban J connectivity index is 0.726. The molecule has 86 heavy (non-hydrogen) atoms. The Hall–Kier alpha value is -7.52. The van der Waals surface area contributed by atoms with E-state index in [0.29, 0.717) is 100 Å². The summed E-state index contributed by atoms with van der Waals surface area (Å²) in [6, 6.07) is 29.8. The number of carbonyl (C=O) groups is 3. The summed E-state index contributed by atoms with van der Waals surface area (Å²) in [6.07, 6.45) is 9.39. The summed E-state index contributed by atoms with van der Waals surface area (Å²) in [7, 11) is 1.69. The van der Waals surface area contributed by atoms with Crippen molar-refractivity contribution < 1.29 is 23.5 Å². The fraction of sp³-hybridized carbons (Fsp3) is 0.448. The van der Waals surface area contributed by atoms with Crippen molar-refractivity contribution in [3.05, 3.63) is 158 Å². The van der Waals surface area contributed by atoms with E-state index in [-0.39, 0.29) is 54.6 Å². The first-order chi connectivity index (χ1) is 41.2. The fourth-order valence-electron chi connectivity index (χ4n) is 13.0. The van der Waals surface area contributed by atoms with Crippen LogP contribution in [0, 0.1) is 17.1 Å². The average Bonchev–Trinajstić information content (AvgIpc) is 1.53. The number of nitrogens with zero attached hydrogens (tertiary/aromatic N) is 10. The third-order valence-corrected chi connectivity index (χ3v) is 18.5. The van der Waals surface area contributed by atoms with Gasteiger partial charge in [-0.3, -0.25) is 29.1 Å². The largest absolute Gasteiger partial charge is 0.493 e. The van der Waals surface area contributed by atoms with E-state index in [9.17, 15) is 19.2 Å². The van der Waals surface area contributed by atoms with Crippen molar-refractivity contribution in [2.75, 3.05) is 70.1 Å². The van der Waals surface area contributed by atoms with Crippen LogP contribution in [-0.2, 0) is 34.4 Å². The molecule has 19 heteroatoms. The highest BCUT2D eigenvalue weighted by Gasteiger charge is 2.60. The number of amides is 4. The van der Waals surface area contributed by atoms with Gasteiger partial charge in [0.2, 0.25) is 5.91 Å². The van der Waals surface area contributed by atoms with Gasteiger partial charge in [-0.15, -0.1) is 0 Å². The van der Waals surface area contributed by atoms with Gasteiger partial charge in [-0.2, -0.15) is 10.4 Å². The Labute approximate surface area is 515 Å². The molecular formula is C67H79Cl2FN12O4. The van der Waals surface area contributed by atoms with E-state index in [1.54, 1.807) is 28.9 Å². The Morgan fingerprint density at radius 3 is 2.22 bits per heavy atom. The molecule has 4 aromatic carbocycles. The molecule has 0 saturated carbocycles. The topological polar surface area (TPSA) is 182 Å². The van der Waals surface area contributed by atoms with Crippen molar-refractivity contribution in [2.24, 2.45) is 4.99 Å². The number of fused-ring (bicyclic) bond motifs is 8. The van der Waals surface area contributed by atoms with Crippen LogP contribution in [0.5, 0.6) is 5.75 Å². The summed E-state index contributed by atoms with van der Waals surface area (Å²) in [5, 5.41) is 19.3. The zero-order valence-electron chi connectivity index (χ0n) is 50.6. The van der Waals surface area contributed by atoms with Crippen molar-refractivity contribution in [1.82, 2.24) is 39.7 Å². The number of nitrogen functional groups attached to an aromatic ring is 1. The number of ether oxygens (including phenoxy) is 1. The third-order valence-electron chi connectivity index (χ3n) is 18.0. The number of hydrogen-bond donors (Lipinski definition) is 2.